The van der Waals surface area contributed by atoms with Crippen molar-refractivity contribution in [2.75, 3.05) is 19.8 Å². The smallest absolute Gasteiger partial charge is 0.0960 e. The number of rotatable bonds is 5. The number of nitrogens with zero attached hydrogens (tertiary/aromatic N) is 1. The normalized spacial score (nSPS) is 11.7. The van der Waals surface area contributed by atoms with Gasteiger partial charge in [-0.2, -0.15) is 0 Å². The van der Waals surface area contributed by atoms with Crippen molar-refractivity contribution in [3.05, 3.63) is 0 Å². The fraction of sp³-hybridized carbons (Fsp3) is 0.875. The molecule has 0 unspecified atom stereocenters. The van der Waals surface area contributed by atoms with Crippen LogP contribution in [0.2, 0.25) is 0 Å². The van der Waals surface area contributed by atoms with Gasteiger partial charge < -0.3 is 5.32 Å². The van der Waals surface area contributed by atoms with Crippen LogP contribution in [0.5, 0.6) is 0 Å². The Hall–Kier alpha value is -0.600. The second-order valence-electron chi connectivity index (χ2n) is 2.25. The van der Waals surface area contributed by atoms with Crippen LogP contribution in [0.4, 0.5) is 4.39 Å². The maximum Gasteiger partial charge on any atom is 0.0960 e. The van der Waals surface area contributed by atoms with Gasteiger partial charge in [-0.3, -0.25) is 9.38 Å². The first kappa shape index (κ1) is 10.4. The molecule has 0 aliphatic carbocycles. The third kappa shape index (κ3) is 5.83. The number of hydrogen-bond donors (Lipinski definition) is 1. The molecule has 0 fully saturated rings. The highest BCUT2D eigenvalue weighted by molar-refractivity contribution is 5.81. The van der Waals surface area contributed by atoms with Crippen molar-refractivity contribution in [1.29, 1.82) is 0 Å². The van der Waals surface area contributed by atoms with Crippen molar-refractivity contribution >= 4 is 5.84 Å². The zero-order valence-electron chi connectivity index (χ0n) is 7.36. The Morgan fingerprint density at radius 2 is 2.18 bits per heavy atom. The number of amidine groups is 1. The molecule has 66 valence electrons. The van der Waals surface area contributed by atoms with Crippen LogP contribution in [-0.2, 0) is 0 Å². The van der Waals surface area contributed by atoms with Gasteiger partial charge in [0.25, 0.3) is 0 Å². The average Bonchev–Trinajstić information content (AvgIpc) is 2.03. The minimum absolute atomic E-state index is 0.271. The van der Waals surface area contributed by atoms with Gasteiger partial charge in [0.15, 0.2) is 0 Å². The van der Waals surface area contributed by atoms with Crippen LogP contribution in [0.15, 0.2) is 4.99 Å². The molecule has 0 aliphatic rings. The van der Waals surface area contributed by atoms with Gasteiger partial charge in [-0.15, -0.1) is 0 Å². The van der Waals surface area contributed by atoms with Crippen molar-refractivity contribution < 1.29 is 4.39 Å². The molecule has 3 heteroatoms. The molecule has 0 atom stereocenters. The molecule has 0 saturated carbocycles. The summed E-state index contributed by atoms with van der Waals surface area (Å²) in [6, 6.07) is 0. The first-order chi connectivity index (χ1) is 5.35. The highest BCUT2D eigenvalue weighted by Crippen LogP contribution is 1.86. The van der Waals surface area contributed by atoms with E-state index >= 15 is 0 Å². The van der Waals surface area contributed by atoms with Crippen LogP contribution < -0.4 is 5.32 Å². The number of aliphatic imine (C=N–C) groups is 1. The lowest BCUT2D eigenvalue weighted by molar-refractivity contribution is 0.477. The Labute approximate surface area is 67.9 Å². The molecule has 0 bridgehead atoms. The van der Waals surface area contributed by atoms with Gasteiger partial charge in [-0.05, 0) is 13.3 Å². The molecule has 0 rings (SSSR count). The van der Waals surface area contributed by atoms with E-state index in [1.807, 2.05) is 13.8 Å². The quantitative estimate of drug-likeness (QED) is 0.370. The molecule has 0 aromatic rings. The molecule has 11 heavy (non-hydrogen) atoms. The number of halogens is 1. The van der Waals surface area contributed by atoms with Crippen molar-refractivity contribution in [3.8, 4) is 0 Å². The summed E-state index contributed by atoms with van der Waals surface area (Å²) in [4.78, 5) is 4.19. The standard InChI is InChI=1S/C8H17FN2/c1-3-8(10-4-2)11-7-5-6-9/h3-7H2,1-2H3,(H,10,11). The predicted octanol–water partition coefficient (Wildman–Crippen LogP) is 1.76. The molecule has 1 N–H and O–H groups in total. The largest absolute Gasteiger partial charge is 0.374 e. The van der Waals surface area contributed by atoms with Gasteiger partial charge in [0.2, 0.25) is 0 Å². The Kier molecular flexibility index (Phi) is 7.10. The summed E-state index contributed by atoms with van der Waals surface area (Å²) < 4.78 is 11.6. The Morgan fingerprint density at radius 1 is 1.45 bits per heavy atom. The summed E-state index contributed by atoms with van der Waals surface area (Å²) in [6.07, 6.45) is 1.44. The first-order valence-corrected chi connectivity index (χ1v) is 4.18. The van der Waals surface area contributed by atoms with Gasteiger partial charge >= 0.3 is 0 Å². The number of hydrogen-bond acceptors (Lipinski definition) is 1. The molecule has 0 spiro atoms. The topological polar surface area (TPSA) is 24.4 Å². The van der Waals surface area contributed by atoms with Gasteiger partial charge in [0.1, 0.15) is 0 Å². The van der Waals surface area contributed by atoms with E-state index in [0.717, 1.165) is 18.8 Å². The lowest BCUT2D eigenvalue weighted by atomic mass is 10.4. The minimum atomic E-state index is -0.271. The van der Waals surface area contributed by atoms with E-state index in [0.29, 0.717) is 13.0 Å². The van der Waals surface area contributed by atoms with Crippen LogP contribution in [0, 0.1) is 0 Å². The molecule has 0 heterocycles. The first-order valence-electron chi connectivity index (χ1n) is 4.18. The Balaban J connectivity index is 3.52. The molecule has 0 radical (unpaired) electrons. The summed E-state index contributed by atoms with van der Waals surface area (Å²) in [6.45, 7) is 5.29. The van der Waals surface area contributed by atoms with Crippen LogP contribution in [0.3, 0.4) is 0 Å². The Bertz CT molecular complexity index is 113. The number of alkyl halides is 1. The highest BCUT2D eigenvalue weighted by atomic mass is 19.1. The second kappa shape index (κ2) is 7.51. The van der Waals surface area contributed by atoms with Gasteiger partial charge in [0.05, 0.1) is 12.5 Å². The van der Waals surface area contributed by atoms with Crippen molar-refractivity contribution in [3.63, 3.8) is 0 Å². The zero-order valence-corrected chi connectivity index (χ0v) is 7.36. The summed E-state index contributed by atoms with van der Waals surface area (Å²) in [7, 11) is 0. The minimum Gasteiger partial charge on any atom is -0.374 e. The molecular weight excluding hydrogens is 143 g/mol. The van der Waals surface area contributed by atoms with E-state index in [1.165, 1.54) is 0 Å². The maximum atomic E-state index is 11.6. The van der Waals surface area contributed by atoms with Crippen LogP contribution in [0.25, 0.3) is 0 Å². The summed E-state index contributed by atoms with van der Waals surface area (Å²) in [5, 5.41) is 3.12. The third-order valence-electron chi connectivity index (χ3n) is 1.31. The fourth-order valence-electron chi connectivity index (χ4n) is 0.771. The summed E-state index contributed by atoms with van der Waals surface area (Å²) in [5.41, 5.74) is 0. The molecule has 0 aromatic heterocycles. The lowest BCUT2D eigenvalue weighted by Gasteiger charge is -2.03. The monoisotopic (exact) mass is 160 g/mol. The number of nitrogens with one attached hydrogen (secondary N) is 1. The van der Waals surface area contributed by atoms with E-state index in [1.54, 1.807) is 0 Å². The summed E-state index contributed by atoms with van der Waals surface area (Å²) in [5.74, 6) is 0.987. The SMILES string of the molecule is CCNC(CC)=NCCCF. The van der Waals surface area contributed by atoms with Gasteiger partial charge in [-0.1, -0.05) is 6.92 Å². The van der Waals surface area contributed by atoms with E-state index in [-0.39, 0.29) is 6.67 Å². The third-order valence-corrected chi connectivity index (χ3v) is 1.31. The molecule has 0 saturated heterocycles. The fourth-order valence-corrected chi connectivity index (χ4v) is 0.771. The summed E-state index contributed by atoms with van der Waals surface area (Å²) >= 11 is 0. The van der Waals surface area contributed by atoms with Crippen molar-refractivity contribution in [1.82, 2.24) is 5.32 Å². The van der Waals surface area contributed by atoms with Crippen LogP contribution in [0.1, 0.15) is 26.7 Å². The van der Waals surface area contributed by atoms with E-state index in [9.17, 15) is 4.39 Å². The zero-order chi connectivity index (χ0) is 8.53. The second-order valence-corrected chi connectivity index (χ2v) is 2.25. The predicted molar refractivity (Wildman–Crippen MR) is 46.9 cm³/mol. The molecule has 2 nitrogen and oxygen atoms in total. The van der Waals surface area contributed by atoms with Crippen molar-refractivity contribution in [2.24, 2.45) is 4.99 Å². The Morgan fingerprint density at radius 3 is 2.64 bits per heavy atom. The van der Waals surface area contributed by atoms with Gasteiger partial charge in [-0.25, -0.2) is 0 Å². The van der Waals surface area contributed by atoms with Crippen molar-refractivity contribution in [2.45, 2.75) is 26.7 Å². The van der Waals surface area contributed by atoms with Gasteiger partial charge in [0, 0.05) is 19.5 Å². The van der Waals surface area contributed by atoms with Crippen LogP contribution >= 0.6 is 0 Å². The highest BCUT2D eigenvalue weighted by Gasteiger charge is 1.90. The molecule has 0 amide bonds. The van der Waals surface area contributed by atoms with E-state index in [2.05, 4.69) is 10.3 Å². The molecule has 0 aliphatic heterocycles. The average molecular weight is 160 g/mol. The molecule has 0 aromatic carbocycles. The van der Waals surface area contributed by atoms with E-state index < -0.39 is 0 Å². The van der Waals surface area contributed by atoms with E-state index in [4.69, 9.17) is 0 Å². The molecular formula is C8H17FN2. The maximum absolute atomic E-state index is 11.6. The lowest BCUT2D eigenvalue weighted by Crippen LogP contribution is -2.22. The van der Waals surface area contributed by atoms with Crippen LogP contribution in [-0.4, -0.2) is 25.6 Å².